The highest BCUT2D eigenvalue weighted by molar-refractivity contribution is 7.89. The van der Waals surface area contributed by atoms with Crippen LogP contribution in [-0.4, -0.2) is 41.2 Å². The molecular formula is C26H20F4N4O4S. The van der Waals surface area contributed by atoms with Gasteiger partial charge in [-0.1, -0.05) is 5.92 Å². The summed E-state index contributed by atoms with van der Waals surface area (Å²) in [6.45, 7) is 0.863. The van der Waals surface area contributed by atoms with Crippen molar-refractivity contribution in [3.63, 3.8) is 0 Å². The van der Waals surface area contributed by atoms with E-state index < -0.39 is 51.3 Å². The number of nitrogens with zero attached hydrogens (tertiary/aromatic N) is 3. The molecule has 0 saturated carbocycles. The maximum absolute atomic E-state index is 13.5. The second kappa shape index (κ2) is 10.8. The molecule has 3 aromatic heterocycles. The van der Waals surface area contributed by atoms with Crippen molar-refractivity contribution in [1.29, 1.82) is 0 Å². The Bertz CT molecular complexity index is 1660. The lowest BCUT2D eigenvalue weighted by Crippen LogP contribution is -2.47. The Labute approximate surface area is 220 Å². The molecule has 39 heavy (non-hydrogen) atoms. The molecule has 1 amide bonds. The number of carbonyl (C=O) groups is 1. The van der Waals surface area contributed by atoms with Gasteiger partial charge in [-0.2, -0.15) is 17.5 Å². The molecule has 0 saturated heterocycles. The first kappa shape index (κ1) is 27.7. The number of terminal acetylenes is 1. The number of alkyl halides is 3. The second-order valence-corrected chi connectivity index (χ2v) is 10.2. The van der Waals surface area contributed by atoms with Gasteiger partial charge in [-0.25, -0.2) is 12.8 Å². The van der Waals surface area contributed by atoms with Crippen molar-refractivity contribution in [3.05, 3.63) is 78.0 Å². The maximum atomic E-state index is 13.5. The number of pyridine rings is 2. The second-order valence-electron chi connectivity index (χ2n) is 8.37. The molecule has 0 fully saturated rings. The van der Waals surface area contributed by atoms with Crippen LogP contribution in [0.2, 0.25) is 0 Å². The summed E-state index contributed by atoms with van der Waals surface area (Å²) < 4.78 is 84.6. The zero-order chi connectivity index (χ0) is 28.4. The van der Waals surface area contributed by atoms with E-state index in [4.69, 9.17) is 10.8 Å². The van der Waals surface area contributed by atoms with Crippen LogP contribution in [0.4, 0.5) is 17.6 Å². The van der Waals surface area contributed by atoms with Gasteiger partial charge in [0.15, 0.2) is 0 Å². The summed E-state index contributed by atoms with van der Waals surface area (Å²) in [7, 11) is -4.38. The molecule has 0 aliphatic heterocycles. The highest BCUT2D eigenvalue weighted by Gasteiger charge is 2.35. The van der Waals surface area contributed by atoms with E-state index in [1.165, 1.54) is 25.3 Å². The number of benzene rings is 1. The molecule has 0 radical (unpaired) electrons. The molecule has 202 valence electrons. The Kier molecular flexibility index (Phi) is 7.71. The Morgan fingerprint density at radius 1 is 1.15 bits per heavy atom. The van der Waals surface area contributed by atoms with Crippen LogP contribution in [0.15, 0.2) is 70.4 Å². The number of hydrogen-bond donors (Lipinski definition) is 1. The fourth-order valence-corrected chi connectivity index (χ4v) is 5.13. The highest BCUT2D eigenvalue weighted by Crippen LogP contribution is 2.29. The first-order chi connectivity index (χ1) is 18.4. The van der Waals surface area contributed by atoms with Crippen LogP contribution >= 0.6 is 0 Å². The van der Waals surface area contributed by atoms with Crippen molar-refractivity contribution in [1.82, 2.24) is 19.6 Å². The van der Waals surface area contributed by atoms with Gasteiger partial charge in [0, 0.05) is 36.0 Å². The number of furan rings is 1. The summed E-state index contributed by atoms with van der Waals surface area (Å²) in [6, 6.07) is 8.62. The Balaban J connectivity index is 1.49. The van der Waals surface area contributed by atoms with E-state index in [-0.39, 0.29) is 17.5 Å². The van der Waals surface area contributed by atoms with Crippen LogP contribution in [-0.2, 0) is 27.5 Å². The van der Waals surface area contributed by atoms with E-state index >= 15 is 0 Å². The molecule has 0 aliphatic carbocycles. The Hall–Kier alpha value is -4.28. The van der Waals surface area contributed by atoms with Gasteiger partial charge < -0.3 is 9.73 Å². The summed E-state index contributed by atoms with van der Waals surface area (Å²) in [4.78, 5) is 20.5. The first-order valence-electron chi connectivity index (χ1n) is 11.3. The van der Waals surface area contributed by atoms with Gasteiger partial charge in [0.05, 0.1) is 12.2 Å². The van der Waals surface area contributed by atoms with Crippen LogP contribution in [0.1, 0.15) is 18.2 Å². The molecule has 4 aromatic rings. The highest BCUT2D eigenvalue weighted by atomic mass is 32.2. The normalized spacial score (nSPS) is 12.8. The number of nitrogens with one attached hydrogen (secondary N) is 1. The minimum absolute atomic E-state index is 0.0411. The Morgan fingerprint density at radius 2 is 1.92 bits per heavy atom. The molecule has 0 spiro atoms. The number of aromatic nitrogens is 2. The van der Waals surface area contributed by atoms with Crippen molar-refractivity contribution in [3.8, 4) is 23.6 Å². The van der Waals surface area contributed by atoms with Gasteiger partial charge >= 0.3 is 6.18 Å². The van der Waals surface area contributed by atoms with E-state index in [0.29, 0.717) is 16.8 Å². The van der Waals surface area contributed by atoms with Gasteiger partial charge in [-0.3, -0.25) is 14.8 Å². The van der Waals surface area contributed by atoms with Crippen molar-refractivity contribution in [2.45, 2.75) is 30.8 Å². The molecular weight excluding hydrogens is 540 g/mol. The quantitative estimate of drug-likeness (QED) is 0.253. The van der Waals surface area contributed by atoms with E-state index in [1.807, 2.05) is 0 Å². The van der Waals surface area contributed by atoms with Crippen molar-refractivity contribution < 1.29 is 35.2 Å². The number of rotatable bonds is 8. The van der Waals surface area contributed by atoms with E-state index in [2.05, 4.69) is 21.2 Å². The van der Waals surface area contributed by atoms with Crippen LogP contribution in [0, 0.1) is 18.2 Å². The number of amides is 1. The van der Waals surface area contributed by atoms with Crippen LogP contribution < -0.4 is 5.32 Å². The minimum atomic E-state index is -4.57. The lowest BCUT2D eigenvalue weighted by molar-refractivity contribution is -0.141. The number of sulfonamides is 1. The van der Waals surface area contributed by atoms with Crippen molar-refractivity contribution in [2.24, 2.45) is 0 Å². The van der Waals surface area contributed by atoms with Crippen LogP contribution in [0.25, 0.3) is 22.2 Å². The number of halogens is 4. The van der Waals surface area contributed by atoms with Gasteiger partial charge in [-0.05, 0) is 55.0 Å². The lowest BCUT2D eigenvalue weighted by Gasteiger charge is -2.24. The third-order valence-corrected chi connectivity index (χ3v) is 7.49. The molecule has 1 aromatic carbocycles. The van der Waals surface area contributed by atoms with E-state index in [1.54, 1.807) is 12.1 Å². The summed E-state index contributed by atoms with van der Waals surface area (Å²) in [5.74, 6) is 0.965. The predicted octanol–water partition coefficient (Wildman–Crippen LogP) is 4.38. The molecule has 0 bridgehead atoms. The Morgan fingerprint density at radius 3 is 2.59 bits per heavy atom. The summed E-state index contributed by atoms with van der Waals surface area (Å²) in [5, 5.41) is 2.34. The van der Waals surface area contributed by atoms with Crippen LogP contribution in [0.5, 0.6) is 0 Å². The fourth-order valence-electron chi connectivity index (χ4n) is 3.68. The smallest absolute Gasteiger partial charge is 0.433 e. The predicted molar refractivity (Wildman–Crippen MR) is 133 cm³/mol. The van der Waals surface area contributed by atoms with Crippen LogP contribution in [0.3, 0.4) is 0 Å². The number of carbonyl (C=O) groups excluding carboxylic acids is 1. The summed E-state index contributed by atoms with van der Waals surface area (Å²) >= 11 is 0. The molecule has 8 nitrogen and oxygen atoms in total. The molecule has 1 atom stereocenters. The first-order valence-corrected chi connectivity index (χ1v) is 12.7. The van der Waals surface area contributed by atoms with E-state index in [9.17, 15) is 30.8 Å². The monoisotopic (exact) mass is 560 g/mol. The van der Waals surface area contributed by atoms with Gasteiger partial charge in [0.1, 0.15) is 23.1 Å². The van der Waals surface area contributed by atoms with Crippen molar-refractivity contribution >= 4 is 26.9 Å². The molecule has 0 aliphatic rings. The van der Waals surface area contributed by atoms with Gasteiger partial charge in [0.2, 0.25) is 11.0 Å². The van der Waals surface area contributed by atoms with Gasteiger partial charge in [-0.15, -0.1) is 6.42 Å². The molecule has 4 rings (SSSR count). The molecule has 13 heteroatoms. The summed E-state index contributed by atoms with van der Waals surface area (Å²) in [6.07, 6.45) is 3.25. The van der Waals surface area contributed by atoms with Crippen molar-refractivity contribution in [2.75, 3.05) is 6.54 Å². The zero-order valence-corrected chi connectivity index (χ0v) is 21.1. The third-order valence-electron chi connectivity index (χ3n) is 5.72. The third kappa shape index (κ3) is 6.08. The summed E-state index contributed by atoms with van der Waals surface area (Å²) in [5.41, 5.74) is 0.316. The standard InChI is InChI=1S/C26H20F4N4O4S/c1-3-10-34(39(36,37)24-13-19-12-20(27)5-6-22(19)38-24)16(2)25(35)33-14-17-8-9-31-21(11-17)18-4-7-23(32-15-18)26(28,29)30/h1,4-9,11-13,15-16H,10,14H2,2H3,(H,33,35)/t16-/m0/s1. The van der Waals surface area contributed by atoms with Gasteiger partial charge in [0.25, 0.3) is 10.0 Å². The topological polar surface area (TPSA) is 105 Å². The zero-order valence-electron chi connectivity index (χ0n) is 20.2. The molecule has 0 unspecified atom stereocenters. The minimum Gasteiger partial charge on any atom is -0.443 e. The fraction of sp³-hybridized carbons (Fsp3) is 0.192. The maximum Gasteiger partial charge on any atom is 0.433 e. The lowest BCUT2D eigenvalue weighted by atomic mass is 10.1. The number of hydrogen-bond acceptors (Lipinski definition) is 6. The average molecular weight is 561 g/mol. The molecule has 3 heterocycles. The average Bonchev–Trinajstić information content (AvgIpc) is 3.34. The largest absolute Gasteiger partial charge is 0.443 e. The SMILES string of the molecule is C#CCN([C@@H](C)C(=O)NCc1ccnc(-c2ccc(C(F)(F)F)nc2)c1)S(=O)(=O)c1cc2cc(F)ccc2o1. The van der Waals surface area contributed by atoms with E-state index in [0.717, 1.165) is 34.8 Å². The molecule has 1 N–H and O–H groups in total. The number of fused-ring (bicyclic) bond motifs is 1.